The van der Waals surface area contributed by atoms with Crippen LogP contribution in [0.4, 0.5) is 0 Å². The van der Waals surface area contributed by atoms with Crippen LogP contribution in [0.25, 0.3) is 17.0 Å². The van der Waals surface area contributed by atoms with Gasteiger partial charge < -0.3 is 0 Å². The second-order valence-electron chi connectivity index (χ2n) is 5.19. The summed E-state index contributed by atoms with van der Waals surface area (Å²) in [7, 11) is 0. The number of fused-ring (bicyclic) bond motifs is 1. The first-order valence-corrected chi connectivity index (χ1v) is 7.06. The van der Waals surface area contributed by atoms with Crippen molar-refractivity contribution in [1.29, 1.82) is 0 Å². The first-order chi connectivity index (χ1) is 9.70. The number of hydrogen-bond acceptors (Lipinski definition) is 2. The van der Waals surface area contributed by atoms with Crippen molar-refractivity contribution in [3.63, 3.8) is 0 Å². The van der Waals surface area contributed by atoms with Gasteiger partial charge >= 0.3 is 0 Å². The Morgan fingerprint density at radius 1 is 1.40 bits per heavy atom. The number of aromatic nitrogens is 3. The predicted octanol–water partition coefficient (Wildman–Crippen LogP) is 3.79. The number of pyridine rings is 1. The van der Waals surface area contributed by atoms with Crippen molar-refractivity contribution >= 4 is 5.57 Å². The summed E-state index contributed by atoms with van der Waals surface area (Å²) in [5.74, 6) is 0. The summed E-state index contributed by atoms with van der Waals surface area (Å²) >= 11 is 0. The normalized spacial score (nSPS) is 13.9. The van der Waals surface area contributed by atoms with Crippen LogP contribution in [0.1, 0.15) is 30.3 Å². The molecule has 2 aromatic heterocycles. The molecule has 102 valence electrons. The maximum atomic E-state index is 4.76. The van der Waals surface area contributed by atoms with Gasteiger partial charge in [-0.3, -0.25) is 9.67 Å². The first kappa shape index (κ1) is 12.9. The lowest BCUT2D eigenvalue weighted by atomic mass is 10.0. The molecule has 0 N–H and O–H groups in total. The van der Waals surface area contributed by atoms with E-state index in [1.54, 1.807) is 0 Å². The molecule has 0 fully saturated rings. The Balaban J connectivity index is 2.18. The summed E-state index contributed by atoms with van der Waals surface area (Å²) in [6.07, 6.45) is 6.31. The minimum Gasteiger partial charge on any atom is -0.268 e. The monoisotopic (exact) mass is 265 g/mol. The van der Waals surface area contributed by atoms with Crippen molar-refractivity contribution in [3.8, 4) is 11.4 Å². The minimum atomic E-state index is 0.938. The van der Waals surface area contributed by atoms with Crippen molar-refractivity contribution < 1.29 is 0 Å². The number of allylic oxidation sites excluding steroid dienone is 3. The molecular weight excluding hydrogens is 246 g/mol. The van der Waals surface area contributed by atoms with E-state index in [9.17, 15) is 0 Å². The van der Waals surface area contributed by atoms with Gasteiger partial charge in [-0.2, -0.15) is 5.10 Å². The molecule has 0 aromatic carbocycles. The molecule has 0 aliphatic carbocycles. The lowest BCUT2D eigenvalue weighted by Gasteiger charge is -2.05. The Hall–Kier alpha value is -2.16. The molecule has 0 spiro atoms. The van der Waals surface area contributed by atoms with Crippen LogP contribution in [0, 0.1) is 6.92 Å². The van der Waals surface area contributed by atoms with Crippen LogP contribution in [0.5, 0.6) is 0 Å². The van der Waals surface area contributed by atoms with Crippen LogP contribution in [-0.4, -0.2) is 14.8 Å². The zero-order valence-corrected chi connectivity index (χ0v) is 12.1. The molecule has 0 saturated carbocycles. The maximum Gasteiger partial charge on any atom is 0.119 e. The van der Waals surface area contributed by atoms with E-state index in [2.05, 4.69) is 22.3 Å². The minimum absolute atomic E-state index is 0.938. The molecule has 3 nitrogen and oxygen atoms in total. The van der Waals surface area contributed by atoms with Gasteiger partial charge in [-0.05, 0) is 44.4 Å². The number of aryl methyl sites for hydroxylation is 2. The number of hydrogen-bond donors (Lipinski definition) is 0. The van der Waals surface area contributed by atoms with Crippen molar-refractivity contribution in [1.82, 2.24) is 14.8 Å². The van der Waals surface area contributed by atoms with E-state index >= 15 is 0 Å². The van der Waals surface area contributed by atoms with E-state index in [4.69, 9.17) is 5.10 Å². The maximum absolute atomic E-state index is 4.76. The zero-order chi connectivity index (χ0) is 14.1. The molecule has 0 amide bonds. The van der Waals surface area contributed by atoms with Gasteiger partial charge in [-0.1, -0.05) is 24.8 Å². The lowest BCUT2D eigenvalue weighted by Crippen LogP contribution is -1.95. The molecule has 20 heavy (non-hydrogen) atoms. The quantitative estimate of drug-likeness (QED) is 0.790. The van der Waals surface area contributed by atoms with E-state index in [1.165, 1.54) is 17.7 Å². The SMILES string of the molecule is C=C(/C=C/C)c1c(-c2cccc(C)n2)nn2c1CCC2. The van der Waals surface area contributed by atoms with Crippen LogP contribution in [0.15, 0.2) is 36.9 Å². The van der Waals surface area contributed by atoms with Crippen molar-refractivity contribution in [2.45, 2.75) is 33.2 Å². The molecule has 0 radical (unpaired) electrons. The second kappa shape index (κ2) is 5.08. The van der Waals surface area contributed by atoms with E-state index in [1.807, 2.05) is 38.1 Å². The number of rotatable bonds is 3. The van der Waals surface area contributed by atoms with Crippen molar-refractivity contribution in [2.75, 3.05) is 0 Å². The first-order valence-electron chi connectivity index (χ1n) is 7.06. The highest BCUT2D eigenvalue weighted by molar-refractivity contribution is 5.83. The molecule has 0 unspecified atom stereocenters. The summed E-state index contributed by atoms with van der Waals surface area (Å²) in [6, 6.07) is 6.07. The Morgan fingerprint density at radius 2 is 2.25 bits per heavy atom. The van der Waals surface area contributed by atoms with Crippen molar-refractivity contribution in [2.24, 2.45) is 0 Å². The van der Waals surface area contributed by atoms with Gasteiger partial charge in [0.25, 0.3) is 0 Å². The van der Waals surface area contributed by atoms with Gasteiger partial charge in [0.15, 0.2) is 0 Å². The molecule has 1 aliphatic rings. The summed E-state index contributed by atoms with van der Waals surface area (Å²) in [6.45, 7) is 9.22. The average molecular weight is 265 g/mol. The fraction of sp³-hybridized carbons (Fsp3) is 0.294. The highest BCUT2D eigenvalue weighted by Crippen LogP contribution is 2.33. The highest BCUT2D eigenvalue weighted by atomic mass is 15.3. The summed E-state index contributed by atoms with van der Waals surface area (Å²) in [5.41, 5.74) is 6.40. The Kier molecular flexibility index (Phi) is 3.26. The summed E-state index contributed by atoms with van der Waals surface area (Å²) < 4.78 is 2.11. The summed E-state index contributed by atoms with van der Waals surface area (Å²) in [4.78, 5) is 4.62. The predicted molar refractivity (Wildman–Crippen MR) is 82.4 cm³/mol. The van der Waals surface area contributed by atoms with Crippen LogP contribution >= 0.6 is 0 Å². The molecule has 3 heteroatoms. The second-order valence-corrected chi connectivity index (χ2v) is 5.19. The smallest absolute Gasteiger partial charge is 0.119 e. The van der Waals surface area contributed by atoms with E-state index in [0.29, 0.717) is 0 Å². The van der Waals surface area contributed by atoms with Gasteiger partial charge in [0.05, 0.1) is 5.69 Å². The van der Waals surface area contributed by atoms with Gasteiger partial charge in [0.2, 0.25) is 0 Å². The van der Waals surface area contributed by atoms with Gasteiger partial charge in [0.1, 0.15) is 5.69 Å². The molecular formula is C17H19N3. The third kappa shape index (κ3) is 2.09. The van der Waals surface area contributed by atoms with E-state index < -0.39 is 0 Å². The Morgan fingerprint density at radius 3 is 3.00 bits per heavy atom. The largest absolute Gasteiger partial charge is 0.268 e. The molecule has 2 aromatic rings. The Bertz CT molecular complexity index is 692. The molecule has 3 heterocycles. The standard InChI is InChI=1S/C17H19N3/c1-4-7-12(2)16-15-10-6-11-20(15)19-17(16)14-9-5-8-13(3)18-14/h4-5,7-9H,2,6,10-11H2,1,3H3/b7-4+. The topological polar surface area (TPSA) is 30.7 Å². The van der Waals surface area contributed by atoms with Crippen LogP contribution in [0.3, 0.4) is 0 Å². The van der Waals surface area contributed by atoms with E-state index in [0.717, 1.165) is 35.6 Å². The lowest BCUT2D eigenvalue weighted by molar-refractivity contribution is 0.658. The highest BCUT2D eigenvalue weighted by Gasteiger charge is 2.23. The third-order valence-electron chi connectivity index (χ3n) is 3.66. The molecule has 3 rings (SSSR count). The van der Waals surface area contributed by atoms with Crippen LogP contribution in [-0.2, 0) is 13.0 Å². The fourth-order valence-electron chi connectivity index (χ4n) is 2.81. The van der Waals surface area contributed by atoms with Gasteiger partial charge in [-0.15, -0.1) is 0 Å². The molecule has 0 bridgehead atoms. The molecule has 0 saturated heterocycles. The number of nitrogens with zero attached hydrogens (tertiary/aromatic N) is 3. The Labute approximate surface area is 119 Å². The van der Waals surface area contributed by atoms with E-state index in [-0.39, 0.29) is 0 Å². The van der Waals surface area contributed by atoms with Gasteiger partial charge in [0, 0.05) is 23.5 Å². The van der Waals surface area contributed by atoms with Crippen LogP contribution in [0.2, 0.25) is 0 Å². The van der Waals surface area contributed by atoms with Gasteiger partial charge in [-0.25, -0.2) is 0 Å². The average Bonchev–Trinajstić information content (AvgIpc) is 2.98. The molecule has 1 aliphatic heterocycles. The van der Waals surface area contributed by atoms with Crippen LogP contribution < -0.4 is 0 Å². The summed E-state index contributed by atoms with van der Waals surface area (Å²) in [5, 5.41) is 4.76. The van der Waals surface area contributed by atoms with Crippen molar-refractivity contribution in [3.05, 3.63) is 53.9 Å². The third-order valence-corrected chi connectivity index (χ3v) is 3.66. The zero-order valence-electron chi connectivity index (χ0n) is 12.1. The fourth-order valence-corrected chi connectivity index (χ4v) is 2.81. The molecule has 0 atom stereocenters.